The van der Waals surface area contributed by atoms with E-state index >= 15 is 0 Å². The van der Waals surface area contributed by atoms with Gasteiger partial charge in [0.25, 0.3) is 0 Å². The minimum absolute atomic E-state index is 0.00148. The van der Waals surface area contributed by atoms with E-state index in [9.17, 15) is 13.2 Å². The molecule has 1 amide bonds. The van der Waals surface area contributed by atoms with Gasteiger partial charge < -0.3 is 5.32 Å². The third-order valence-electron chi connectivity index (χ3n) is 3.86. The molecule has 0 aromatic rings. The van der Waals surface area contributed by atoms with Gasteiger partial charge in [-0.15, -0.1) is 11.6 Å². The van der Waals surface area contributed by atoms with Crippen molar-refractivity contribution in [2.45, 2.75) is 49.9 Å². The summed E-state index contributed by atoms with van der Waals surface area (Å²) < 4.78 is 22.7. The molecule has 6 heteroatoms. The Balaban J connectivity index is 1.90. The summed E-state index contributed by atoms with van der Waals surface area (Å²) in [4.78, 5) is 12.0. The number of halogens is 1. The number of alkyl halides is 1. The van der Waals surface area contributed by atoms with Gasteiger partial charge in [0.1, 0.15) is 0 Å². The summed E-state index contributed by atoms with van der Waals surface area (Å²) in [7, 11) is -3.00. The fourth-order valence-corrected chi connectivity index (χ4v) is 4.81. The second kappa shape index (κ2) is 5.78. The second-order valence-corrected chi connectivity index (χ2v) is 8.16. The first-order valence-corrected chi connectivity index (χ1v) is 8.88. The maximum Gasteiger partial charge on any atom is 0.224 e. The lowest BCUT2D eigenvalue weighted by atomic mass is 10.0. The normalized spacial score (nSPS) is 35.9. The molecular weight excluding hydrogens is 274 g/mol. The number of hydrogen-bond donors (Lipinski definition) is 1. The van der Waals surface area contributed by atoms with Crippen molar-refractivity contribution < 1.29 is 13.2 Å². The van der Waals surface area contributed by atoms with Crippen molar-refractivity contribution >= 4 is 27.3 Å². The zero-order valence-electron chi connectivity index (χ0n) is 10.4. The molecule has 4 nitrogen and oxygen atoms in total. The third kappa shape index (κ3) is 3.60. The van der Waals surface area contributed by atoms with E-state index in [0.29, 0.717) is 6.42 Å². The first kappa shape index (κ1) is 14.1. The van der Waals surface area contributed by atoms with Crippen LogP contribution >= 0.6 is 11.6 Å². The van der Waals surface area contributed by atoms with Gasteiger partial charge in [-0.3, -0.25) is 4.79 Å². The number of nitrogens with one attached hydrogen (secondary N) is 1. The van der Waals surface area contributed by atoms with Crippen molar-refractivity contribution in [3.63, 3.8) is 0 Å². The van der Waals surface area contributed by atoms with Crippen molar-refractivity contribution in [2.75, 3.05) is 11.5 Å². The monoisotopic (exact) mass is 293 g/mol. The lowest BCUT2D eigenvalue weighted by Gasteiger charge is -2.22. The van der Waals surface area contributed by atoms with Crippen LogP contribution in [0, 0.1) is 5.92 Å². The van der Waals surface area contributed by atoms with Crippen molar-refractivity contribution in [3.8, 4) is 0 Å². The molecule has 1 N–H and O–H groups in total. The van der Waals surface area contributed by atoms with Crippen LogP contribution in [0.15, 0.2) is 0 Å². The maximum atomic E-state index is 12.0. The minimum atomic E-state index is -3.00. The average Bonchev–Trinajstić information content (AvgIpc) is 2.55. The molecule has 1 saturated carbocycles. The molecule has 1 aliphatic heterocycles. The number of hydrogen-bond acceptors (Lipinski definition) is 3. The molecular formula is C12H20ClNO3S. The quantitative estimate of drug-likeness (QED) is 0.619. The number of sulfone groups is 1. The standard InChI is InChI=1S/C12H20ClNO3S/c13-10-4-2-1-3-5-11(10)14-12(15)9-6-7-18(16,17)8-9/h9-11H,1-8H2,(H,14,15). The summed E-state index contributed by atoms with van der Waals surface area (Å²) >= 11 is 6.26. The van der Waals surface area contributed by atoms with E-state index in [2.05, 4.69) is 5.32 Å². The Labute approximate surface area is 113 Å². The zero-order valence-corrected chi connectivity index (χ0v) is 12.0. The predicted octanol–water partition coefficient (Wildman–Crippen LogP) is 1.48. The van der Waals surface area contributed by atoms with Gasteiger partial charge in [-0.2, -0.15) is 0 Å². The summed E-state index contributed by atoms with van der Waals surface area (Å²) in [6.07, 6.45) is 5.63. The highest BCUT2D eigenvalue weighted by Gasteiger charge is 2.34. The summed E-state index contributed by atoms with van der Waals surface area (Å²) in [5.41, 5.74) is 0. The summed E-state index contributed by atoms with van der Waals surface area (Å²) in [5, 5.41) is 2.93. The molecule has 2 aliphatic rings. The fourth-order valence-electron chi connectivity index (χ4n) is 2.73. The van der Waals surface area contributed by atoms with Crippen LogP contribution in [-0.4, -0.2) is 37.2 Å². The zero-order chi connectivity index (χ0) is 13.2. The van der Waals surface area contributed by atoms with E-state index in [1.165, 1.54) is 0 Å². The molecule has 1 aliphatic carbocycles. The molecule has 1 saturated heterocycles. The van der Waals surface area contributed by atoms with Crippen molar-refractivity contribution in [3.05, 3.63) is 0 Å². The number of amides is 1. The van der Waals surface area contributed by atoms with Crippen LogP contribution < -0.4 is 5.32 Å². The van der Waals surface area contributed by atoms with E-state index in [1.54, 1.807) is 0 Å². The molecule has 0 aromatic heterocycles. The van der Waals surface area contributed by atoms with Gasteiger partial charge in [-0.05, 0) is 19.3 Å². The van der Waals surface area contributed by atoms with Gasteiger partial charge in [0.2, 0.25) is 5.91 Å². The van der Waals surface area contributed by atoms with Crippen LogP contribution in [-0.2, 0) is 14.6 Å². The fraction of sp³-hybridized carbons (Fsp3) is 0.917. The topological polar surface area (TPSA) is 63.2 Å². The highest BCUT2D eigenvalue weighted by atomic mass is 35.5. The van der Waals surface area contributed by atoms with E-state index in [0.717, 1.165) is 32.1 Å². The van der Waals surface area contributed by atoms with Crippen molar-refractivity contribution in [1.82, 2.24) is 5.32 Å². The Kier molecular flexibility index (Phi) is 4.54. The maximum absolute atomic E-state index is 12.0. The molecule has 1 heterocycles. The number of carbonyl (C=O) groups is 1. The first-order valence-electron chi connectivity index (χ1n) is 6.63. The molecule has 104 valence electrons. The summed E-state index contributed by atoms with van der Waals surface area (Å²) in [6.45, 7) is 0. The van der Waals surface area contributed by atoms with Crippen LogP contribution in [0.3, 0.4) is 0 Å². The lowest BCUT2D eigenvalue weighted by Crippen LogP contribution is -2.43. The molecule has 0 spiro atoms. The molecule has 0 bridgehead atoms. The largest absolute Gasteiger partial charge is 0.352 e. The van der Waals surface area contributed by atoms with Gasteiger partial charge in [-0.1, -0.05) is 19.3 Å². The Morgan fingerprint density at radius 3 is 2.50 bits per heavy atom. The van der Waals surface area contributed by atoms with Crippen molar-refractivity contribution in [2.24, 2.45) is 5.92 Å². The van der Waals surface area contributed by atoms with Crippen LogP contribution in [0.5, 0.6) is 0 Å². The number of rotatable bonds is 2. The van der Waals surface area contributed by atoms with Gasteiger partial charge in [-0.25, -0.2) is 8.42 Å². The van der Waals surface area contributed by atoms with Crippen molar-refractivity contribution in [1.29, 1.82) is 0 Å². The van der Waals surface area contributed by atoms with E-state index in [1.807, 2.05) is 0 Å². The Morgan fingerprint density at radius 1 is 1.11 bits per heavy atom. The van der Waals surface area contributed by atoms with Crippen LogP contribution in [0.1, 0.15) is 38.5 Å². The van der Waals surface area contributed by atoms with E-state index in [4.69, 9.17) is 11.6 Å². The van der Waals surface area contributed by atoms with Gasteiger partial charge >= 0.3 is 0 Å². The number of carbonyl (C=O) groups excluding carboxylic acids is 1. The smallest absolute Gasteiger partial charge is 0.224 e. The minimum Gasteiger partial charge on any atom is -0.352 e. The second-order valence-electron chi connectivity index (χ2n) is 5.37. The molecule has 3 atom stereocenters. The van der Waals surface area contributed by atoms with E-state index in [-0.39, 0.29) is 34.7 Å². The molecule has 2 fully saturated rings. The average molecular weight is 294 g/mol. The van der Waals surface area contributed by atoms with Gasteiger partial charge in [0.15, 0.2) is 9.84 Å². The molecule has 18 heavy (non-hydrogen) atoms. The molecule has 2 rings (SSSR count). The van der Waals surface area contributed by atoms with E-state index < -0.39 is 9.84 Å². The lowest BCUT2D eigenvalue weighted by molar-refractivity contribution is -0.125. The summed E-state index contributed by atoms with van der Waals surface area (Å²) in [6, 6.07) is 0.00460. The molecule has 0 aromatic carbocycles. The predicted molar refractivity (Wildman–Crippen MR) is 71.4 cm³/mol. The Morgan fingerprint density at radius 2 is 1.83 bits per heavy atom. The Bertz CT molecular complexity index is 410. The van der Waals surface area contributed by atoms with Gasteiger partial charge in [0.05, 0.1) is 22.8 Å². The van der Waals surface area contributed by atoms with Crippen LogP contribution in [0.2, 0.25) is 0 Å². The Hall–Kier alpha value is -0.290. The SMILES string of the molecule is O=C(NC1CCCCCC1Cl)C1CCS(=O)(=O)C1. The third-order valence-corrected chi connectivity index (χ3v) is 6.15. The van der Waals surface area contributed by atoms with Crippen LogP contribution in [0.25, 0.3) is 0 Å². The molecule has 3 unspecified atom stereocenters. The van der Waals surface area contributed by atoms with Gasteiger partial charge in [0, 0.05) is 6.04 Å². The molecule has 0 radical (unpaired) electrons. The first-order chi connectivity index (χ1) is 8.48. The highest BCUT2D eigenvalue weighted by molar-refractivity contribution is 7.91. The van der Waals surface area contributed by atoms with Crippen LogP contribution in [0.4, 0.5) is 0 Å². The summed E-state index contributed by atoms with van der Waals surface area (Å²) in [5.74, 6) is -0.366. The highest BCUT2D eigenvalue weighted by Crippen LogP contribution is 2.24.